The van der Waals surface area contributed by atoms with Gasteiger partial charge in [-0.05, 0) is 31.4 Å². The van der Waals surface area contributed by atoms with Gasteiger partial charge in [-0.3, -0.25) is 4.79 Å². The highest BCUT2D eigenvalue weighted by atomic mass is 32.2. The van der Waals surface area contributed by atoms with Gasteiger partial charge >= 0.3 is 5.97 Å². The molecule has 4 atom stereocenters. The summed E-state index contributed by atoms with van der Waals surface area (Å²) in [5, 5.41) is 19.2. The maximum atomic E-state index is 13.4. The number of hydrogen-bond acceptors (Lipinski definition) is 6. The van der Waals surface area contributed by atoms with Crippen LogP contribution in [-0.2, 0) is 24.3 Å². The molecule has 0 aromatic heterocycles. The molecule has 0 saturated carbocycles. The molecule has 3 rings (SSSR count). The molecule has 27 heavy (non-hydrogen) atoms. The van der Waals surface area contributed by atoms with Crippen LogP contribution in [0.2, 0.25) is 0 Å². The van der Waals surface area contributed by atoms with E-state index in [1.807, 2.05) is 0 Å². The molecular formula is C18H25NO7S. The van der Waals surface area contributed by atoms with Gasteiger partial charge in [0.25, 0.3) is 0 Å². The Labute approximate surface area is 158 Å². The van der Waals surface area contributed by atoms with Crippen LogP contribution in [0.3, 0.4) is 0 Å². The average Bonchev–Trinajstić information content (AvgIpc) is 2.58. The van der Waals surface area contributed by atoms with Gasteiger partial charge in [-0.25, -0.2) is 8.42 Å². The number of aryl methyl sites for hydroxylation is 1. The highest BCUT2D eigenvalue weighted by Gasteiger charge is 2.43. The molecule has 0 aliphatic carbocycles. The predicted octanol–water partition coefficient (Wildman–Crippen LogP) is 0.768. The second-order valence-corrected chi connectivity index (χ2v) is 8.93. The highest BCUT2D eigenvalue weighted by Crippen LogP contribution is 2.32. The Kier molecular flexibility index (Phi) is 6.17. The molecule has 0 spiro atoms. The van der Waals surface area contributed by atoms with E-state index in [0.717, 1.165) is 0 Å². The molecule has 2 N–H and O–H groups in total. The molecule has 2 saturated heterocycles. The number of benzene rings is 1. The number of carbonyl (C=O) groups is 1. The van der Waals surface area contributed by atoms with Gasteiger partial charge in [0.15, 0.2) is 0 Å². The summed E-state index contributed by atoms with van der Waals surface area (Å²) in [6, 6.07) is 6.20. The summed E-state index contributed by atoms with van der Waals surface area (Å²) in [6.45, 7) is 1.74. The van der Waals surface area contributed by atoms with E-state index in [2.05, 4.69) is 0 Å². The lowest BCUT2D eigenvalue weighted by atomic mass is 9.96. The first-order valence-electron chi connectivity index (χ1n) is 8.99. The Morgan fingerprint density at radius 2 is 2.00 bits per heavy atom. The second-order valence-electron chi connectivity index (χ2n) is 7.07. The van der Waals surface area contributed by atoms with Crippen molar-refractivity contribution in [2.75, 3.05) is 19.8 Å². The third-order valence-corrected chi connectivity index (χ3v) is 7.07. The number of rotatable bonds is 4. The number of hydrogen-bond donors (Lipinski definition) is 2. The normalized spacial score (nSPS) is 30.1. The minimum Gasteiger partial charge on any atom is -0.481 e. The lowest BCUT2D eigenvalue weighted by molar-refractivity contribution is -0.155. The lowest BCUT2D eigenvalue weighted by Gasteiger charge is -2.43. The number of carboxylic acid groups (broad SMARTS) is 1. The largest absolute Gasteiger partial charge is 0.481 e. The van der Waals surface area contributed by atoms with E-state index in [9.17, 15) is 18.3 Å². The van der Waals surface area contributed by atoms with Crippen molar-refractivity contribution in [3.63, 3.8) is 0 Å². The van der Waals surface area contributed by atoms with Gasteiger partial charge in [0.2, 0.25) is 10.0 Å². The zero-order chi connectivity index (χ0) is 19.6. The third-order valence-electron chi connectivity index (χ3n) is 5.02. The maximum Gasteiger partial charge on any atom is 0.305 e. The third kappa shape index (κ3) is 4.49. The molecule has 2 aliphatic heterocycles. The van der Waals surface area contributed by atoms with Crippen LogP contribution in [-0.4, -0.2) is 73.0 Å². The smallest absolute Gasteiger partial charge is 0.305 e. The number of aliphatic carboxylic acids is 1. The molecule has 2 fully saturated rings. The first-order valence-corrected chi connectivity index (χ1v) is 10.4. The van der Waals surface area contributed by atoms with Gasteiger partial charge < -0.3 is 19.7 Å². The molecule has 150 valence electrons. The van der Waals surface area contributed by atoms with Crippen molar-refractivity contribution in [1.82, 2.24) is 4.31 Å². The van der Waals surface area contributed by atoms with Crippen molar-refractivity contribution in [1.29, 1.82) is 0 Å². The first kappa shape index (κ1) is 20.2. The molecule has 8 nitrogen and oxygen atoms in total. The predicted molar refractivity (Wildman–Crippen MR) is 95.8 cm³/mol. The fraction of sp³-hybridized carbons (Fsp3) is 0.611. The summed E-state index contributed by atoms with van der Waals surface area (Å²) in [6.07, 6.45) is -1.24. The molecule has 0 bridgehead atoms. The van der Waals surface area contributed by atoms with E-state index in [0.29, 0.717) is 18.4 Å². The van der Waals surface area contributed by atoms with Gasteiger partial charge in [0, 0.05) is 6.54 Å². The summed E-state index contributed by atoms with van der Waals surface area (Å²) in [4.78, 5) is 11.2. The Morgan fingerprint density at radius 3 is 2.70 bits per heavy atom. The van der Waals surface area contributed by atoms with Crippen molar-refractivity contribution in [2.24, 2.45) is 0 Å². The van der Waals surface area contributed by atoms with Crippen LogP contribution in [0.25, 0.3) is 0 Å². The monoisotopic (exact) mass is 399 g/mol. The van der Waals surface area contributed by atoms with Crippen LogP contribution in [0.5, 0.6) is 0 Å². The van der Waals surface area contributed by atoms with Crippen molar-refractivity contribution < 1.29 is 32.9 Å². The number of fused-ring (bicyclic) bond motifs is 1. The first-order chi connectivity index (χ1) is 12.8. The minimum atomic E-state index is -3.85. The average molecular weight is 399 g/mol. The fourth-order valence-electron chi connectivity index (χ4n) is 3.74. The van der Waals surface area contributed by atoms with Crippen molar-refractivity contribution in [3.8, 4) is 0 Å². The van der Waals surface area contributed by atoms with Crippen LogP contribution < -0.4 is 0 Å². The molecule has 2 heterocycles. The molecule has 9 heteroatoms. The Hall–Kier alpha value is -1.52. The van der Waals surface area contributed by atoms with Gasteiger partial charge in [0.1, 0.15) is 0 Å². The number of nitrogens with zero attached hydrogens (tertiary/aromatic N) is 1. The van der Waals surface area contributed by atoms with Crippen LogP contribution in [0, 0.1) is 6.92 Å². The topological polar surface area (TPSA) is 113 Å². The van der Waals surface area contributed by atoms with Crippen LogP contribution in [0.15, 0.2) is 29.2 Å². The van der Waals surface area contributed by atoms with Crippen LogP contribution >= 0.6 is 0 Å². The Balaban J connectivity index is 1.92. The summed E-state index contributed by atoms with van der Waals surface area (Å²) in [5.41, 5.74) is 0.627. The number of β-amino-alcohol motifs (C(OH)–C–C–N with tert-alkyl or cyclic N) is 1. The zero-order valence-corrected chi connectivity index (χ0v) is 16.0. The number of sulfonamides is 1. The minimum absolute atomic E-state index is 0.00400. The second kappa shape index (κ2) is 8.24. The van der Waals surface area contributed by atoms with Crippen molar-refractivity contribution in [2.45, 2.75) is 55.4 Å². The van der Waals surface area contributed by atoms with Gasteiger partial charge in [-0.1, -0.05) is 18.2 Å². The molecule has 1 aromatic rings. The number of aliphatic hydroxyl groups is 1. The van der Waals surface area contributed by atoms with Crippen LogP contribution in [0.4, 0.5) is 0 Å². The van der Waals surface area contributed by atoms with Gasteiger partial charge in [0.05, 0.1) is 48.9 Å². The lowest BCUT2D eigenvalue weighted by Crippen LogP contribution is -2.57. The summed E-state index contributed by atoms with van der Waals surface area (Å²) in [7, 11) is -3.85. The fourth-order valence-corrected chi connectivity index (χ4v) is 5.68. The number of carboxylic acids is 1. The molecule has 0 amide bonds. The quantitative estimate of drug-likeness (QED) is 0.769. The Morgan fingerprint density at radius 1 is 1.26 bits per heavy atom. The van der Waals surface area contributed by atoms with E-state index in [4.69, 9.17) is 14.6 Å². The summed E-state index contributed by atoms with van der Waals surface area (Å²) < 4.78 is 39.3. The zero-order valence-electron chi connectivity index (χ0n) is 15.2. The molecule has 0 unspecified atom stereocenters. The van der Waals surface area contributed by atoms with Crippen molar-refractivity contribution >= 4 is 16.0 Å². The number of ether oxygens (including phenoxy) is 2. The van der Waals surface area contributed by atoms with Crippen molar-refractivity contribution in [3.05, 3.63) is 29.8 Å². The van der Waals surface area contributed by atoms with Gasteiger partial charge in [-0.2, -0.15) is 4.31 Å². The molecule has 0 radical (unpaired) electrons. The van der Waals surface area contributed by atoms with E-state index < -0.39 is 40.3 Å². The maximum absolute atomic E-state index is 13.4. The standard InChI is InChI=1S/C18H25NO7S/c1-12-4-2-3-5-17(12)27(23,24)19-9-13(20)10-25-11-16-15(19)7-6-14(26-16)8-18(21)22/h2-5,13-16,20H,6-11H2,1H3,(H,21,22)/t13-,14-,15+,16-/m1/s1. The van der Waals surface area contributed by atoms with Gasteiger partial charge in [-0.15, -0.1) is 0 Å². The van der Waals surface area contributed by atoms with Crippen LogP contribution in [0.1, 0.15) is 24.8 Å². The highest BCUT2D eigenvalue weighted by molar-refractivity contribution is 7.89. The molecule has 1 aromatic carbocycles. The summed E-state index contributed by atoms with van der Waals surface area (Å²) >= 11 is 0. The Bertz CT molecular complexity index is 782. The molecular weight excluding hydrogens is 374 g/mol. The van der Waals surface area contributed by atoms with E-state index in [1.54, 1.807) is 31.2 Å². The molecule has 2 aliphatic rings. The SMILES string of the molecule is Cc1ccccc1S(=O)(=O)N1C[C@@H](O)COC[C@H]2O[C@@H](CC(=O)O)CC[C@@H]21. The van der Waals surface area contributed by atoms with E-state index in [-0.39, 0.29) is 31.1 Å². The van der Waals surface area contributed by atoms with E-state index >= 15 is 0 Å². The summed E-state index contributed by atoms with van der Waals surface area (Å²) in [5.74, 6) is -0.954. The van der Waals surface area contributed by atoms with E-state index in [1.165, 1.54) is 4.31 Å². The number of aliphatic hydroxyl groups excluding tert-OH is 1.